The Labute approximate surface area is 130 Å². The summed E-state index contributed by atoms with van der Waals surface area (Å²) in [5.74, 6) is -2.81. The maximum absolute atomic E-state index is 12.2. The number of carbonyl (C=O) groups excluding carboxylic acids is 2. The fourth-order valence-electron chi connectivity index (χ4n) is 1.60. The van der Waals surface area contributed by atoms with Gasteiger partial charge in [-0.1, -0.05) is 20.8 Å². The summed E-state index contributed by atoms with van der Waals surface area (Å²) in [5, 5.41) is 0. The monoisotopic (exact) mass is 370 g/mol. The summed E-state index contributed by atoms with van der Waals surface area (Å²) < 4.78 is 81.1. The van der Waals surface area contributed by atoms with Crippen molar-refractivity contribution in [2.45, 2.75) is 44.9 Å². The van der Waals surface area contributed by atoms with Gasteiger partial charge in [0.25, 0.3) is 6.10 Å². The van der Waals surface area contributed by atoms with Gasteiger partial charge in [-0.25, -0.2) is 4.79 Å². The molecule has 0 aliphatic carbocycles. The molecule has 0 saturated heterocycles. The SMILES string of the molecule is CPC(C(=O)OCC(=O)OC(C(F)(F)F)C(F)(F)F)C(C)(C)C. The molecule has 0 aliphatic rings. The molecule has 11 heteroatoms. The zero-order valence-electron chi connectivity index (χ0n) is 12.8. The van der Waals surface area contributed by atoms with Gasteiger partial charge in [-0.15, -0.1) is 8.58 Å². The molecule has 0 N–H and O–H groups in total. The van der Waals surface area contributed by atoms with E-state index in [4.69, 9.17) is 0 Å². The Kier molecular flexibility index (Phi) is 7.33. The first kappa shape index (κ1) is 21.9. The minimum Gasteiger partial charge on any atom is -0.453 e. The quantitative estimate of drug-likeness (QED) is 0.423. The van der Waals surface area contributed by atoms with Crippen molar-refractivity contribution in [3.8, 4) is 0 Å². The third-order valence-electron chi connectivity index (χ3n) is 2.57. The molecule has 4 nitrogen and oxygen atoms in total. The molecular formula is C12H17F6O4P. The van der Waals surface area contributed by atoms with E-state index in [0.717, 1.165) is 0 Å². The molecule has 0 fully saturated rings. The lowest BCUT2D eigenvalue weighted by atomic mass is 9.92. The molecule has 0 heterocycles. The molecule has 0 saturated carbocycles. The molecule has 0 aliphatic heterocycles. The van der Waals surface area contributed by atoms with Crippen LogP contribution in [0.3, 0.4) is 0 Å². The first-order valence-electron chi connectivity index (χ1n) is 6.27. The van der Waals surface area contributed by atoms with Gasteiger partial charge in [0.15, 0.2) is 6.61 Å². The first-order chi connectivity index (χ1) is 10.1. The molecule has 2 unspecified atom stereocenters. The Bertz CT molecular complexity index is 413. The van der Waals surface area contributed by atoms with Crippen molar-refractivity contribution in [2.75, 3.05) is 13.3 Å². The van der Waals surface area contributed by atoms with Gasteiger partial charge >= 0.3 is 24.3 Å². The maximum atomic E-state index is 12.2. The Morgan fingerprint density at radius 2 is 1.43 bits per heavy atom. The van der Waals surface area contributed by atoms with Gasteiger partial charge in [-0.3, -0.25) is 4.79 Å². The highest BCUT2D eigenvalue weighted by molar-refractivity contribution is 7.39. The number of rotatable bonds is 5. The number of esters is 2. The molecule has 0 amide bonds. The van der Waals surface area contributed by atoms with Crippen LogP contribution in [0.25, 0.3) is 0 Å². The Morgan fingerprint density at radius 1 is 1.00 bits per heavy atom. The molecule has 0 aromatic rings. The minimum absolute atomic E-state index is 0.0752. The van der Waals surface area contributed by atoms with E-state index >= 15 is 0 Å². The maximum Gasteiger partial charge on any atom is 0.434 e. The summed E-state index contributed by atoms with van der Waals surface area (Å²) in [6.45, 7) is 5.47. The molecule has 136 valence electrons. The summed E-state index contributed by atoms with van der Waals surface area (Å²) in [6.07, 6.45) is -15.9. The third-order valence-corrected chi connectivity index (χ3v) is 4.25. The zero-order chi connectivity index (χ0) is 18.6. The Balaban J connectivity index is 4.76. The normalized spacial score (nSPS) is 15.1. The third kappa shape index (κ3) is 7.37. The fraction of sp³-hybridized carbons (Fsp3) is 0.833. The second-order valence-electron chi connectivity index (χ2n) is 5.65. The van der Waals surface area contributed by atoms with E-state index in [2.05, 4.69) is 9.47 Å². The number of carbonyl (C=O) groups is 2. The lowest BCUT2D eigenvalue weighted by Crippen LogP contribution is -2.46. The molecular weight excluding hydrogens is 353 g/mol. The molecule has 0 radical (unpaired) electrons. The minimum atomic E-state index is -5.81. The van der Waals surface area contributed by atoms with Crippen LogP contribution in [0.15, 0.2) is 0 Å². The number of hydrogen-bond acceptors (Lipinski definition) is 4. The van der Waals surface area contributed by atoms with Crippen molar-refractivity contribution >= 4 is 20.5 Å². The standard InChI is InChI=1S/C12H17F6O4P/c1-10(2,3)7(23-4)8(20)21-5-6(19)22-9(11(13,14)15)12(16,17)18/h7,9,23H,5H2,1-4H3. The van der Waals surface area contributed by atoms with Gasteiger partial charge in [-0.05, 0) is 12.1 Å². The second-order valence-corrected chi connectivity index (χ2v) is 6.80. The van der Waals surface area contributed by atoms with Crippen LogP contribution in [0, 0.1) is 5.41 Å². The van der Waals surface area contributed by atoms with Crippen LogP contribution < -0.4 is 0 Å². The van der Waals surface area contributed by atoms with E-state index in [9.17, 15) is 35.9 Å². The summed E-state index contributed by atoms with van der Waals surface area (Å²) in [4.78, 5) is 22.9. The molecule has 0 bridgehead atoms. The van der Waals surface area contributed by atoms with Gasteiger partial charge < -0.3 is 9.47 Å². The zero-order valence-corrected chi connectivity index (χ0v) is 13.8. The number of ether oxygens (including phenoxy) is 2. The summed E-state index contributed by atoms with van der Waals surface area (Å²) >= 11 is 0. The van der Waals surface area contributed by atoms with E-state index in [1.165, 1.54) is 0 Å². The van der Waals surface area contributed by atoms with Crippen LogP contribution in [0.1, 0.15) is 20.8 Å². The van der Waals surface area contributed by atoms with Crippen LogP contribution >= 0.6 is 8.58 Å². The van der Waals surface area contributed by atoms with Crippen LogP contribution in [0.5, 0.6) is 0 Å². The highest BCUT2D eigenvalue weighted by atomic mass is 31.1. The van der Waals surface area contributed by atoms with Crippen LogP contribution in [0.4, 0.5) is 26.3 Å². The molecule has 0 rings (SSSR count). The fourth-order valence-corrected chi connectivity index (χ4v) is 2.79. The topological polar surface area (TPSA) is 52.6 Å². The van der Waals surface area contributed by atoms with Gasteiger partial charge in [0, 0.05) is 0 Å². The number of alkyl halides is 6. The van der Waals surface area contributed by atoms with Gasteiger partial charge in [0.1, 0.15) is 0 Å². The van der Waals surface area contributed by atoms with Gasteiger partial charge in [0.05, 0.1) is 5.66 Å². The molecule has 2 atom stereocenters. The van der Waals surface area contributed by atoms with E-state index in [1.54, 1.807) is 27.4 Å². The summed E-state index contributed by atoms with van der Waals surface area (Å²) in [6, 6.07) is 0. The molecule has 23 heavy (non-hydrogen) atoms. The first-order valence-corrected chi connectivity index (χ1v) is 7.85. The summed E-state index contributed by atoms with van der Waals surface area (Å²) in [5.41, 5.74) is -1.18. The second kappa shape index (κ2) is 7.68. The van der Waals surface area contributed by atoms with Gasteiger partial charge in [-0.2, -0.15) is 26.3 Å². The van der Waals surface area contributed by atoms with Crippen LogP contribution in [0.2, 0.25) is 0 Å². The van der Waals surface area contributed by atoms with E-state index in [-0.39, 0.29) is 8.58 Å². The Morgan fingerprint density at radius 3 is 1.74 bits per heavy atom. The molecule has 0 spiro atoms. The Hall–Kier alpha value is -1.05. The van der Waals surface area contributed by atoms with Crippen LogP contribution in [-0.2, 0) is 19.1 Å². The molecule has 0 aromatic carbocycles. The van der Waals surface area contributed by atoms with Crippen molar-refractivity contribution in [1.82, 2.24) is 0 Å². The van der Waals surface area contributed by atoms with Crippen LogP contribution in [-0.4, -0.2) is 49.3 Å². The van der Waals surface area contributed by atoms with E-state index < -0.39 is 48.1 Å². The van der Waals surface area contributed by atoms with Crippen molar-refractivity contribution in [2.24, 2.45) is 5.41 Å². The highest BCUT2D eigenvalue weighted by Gasteiger charge is 2.59. The lowest BCUT2D eigenvalue weighted by molar-refractivity contribution is -0.313. The highest BCUT2D eigenvalue weighted by Crippen LogP contribution is 2.36. The van der Waals surface area contributed by atoms with Crippen molar-refractivity contribution in [3.63, 3.8) is 0 Å². The largest absolute Gasteiger partial charge is 0.453 e. The summed E-state index contributed by atoms with van der Waals surface area (Å²) in [7, 11) is 0.0752. The van der Waals surface area contributed by atoms with Crippen molar-refractivity contribution in [1.29, 1.82) is 0 Å². The average Bonchev–Trinajstić information content (AvgIpc) is 2.29. The lowest BCUT2D eigenvalue weighted by Gasteiger charge is -2.27. The van der Waals surface area contributed by atoms with Crippen molar-refractivity contribution < 1.29 is 45.4 Å². The smallest absolute Gasteiger partial charge is 0.434 e. The number of hydrogen-bond donors (Lipinski definition) is 0. The van der Waals surface area contributed by atoms with E-state index in [0.29, 0.717) is 0 Å². The predicted molar refractivity (Wildman–Crippen MR) is 70.4 cm³/mol. The number of halogens is 6. The van der Waals surface area contributed by atoms with E-state index in [1.807, 2.05) is 0 Å². The van der Waals surface area contributed by atoms with Gasteiger partial charge in [0.2, 0.25) is 0 Å². The molecule has 0 aromatic heterocycles. The average molecular weight is 370 g/mol. The van der Waals surface area contributed by atoms with Crippen molar-refractivity contribution in [3.05, 3.63) is 0 Å². The predicted octanol–water partition coefficient (Wildman–Crippen LogP) is 3.29.